The third kappa shape index (κ3) is 12.4. The molecule has 22 heteroatoms. The summed E-state index contributed by atoms with van der Waals surface area (Å²) in [6.45, 7) is 23.2. The van der Waals surface area contributed by atoms with E-state index >= 15 is 8.78 Å². The molecule has 6 aromatic rings. The number of rotatable bonds is 12. The van der Waals surface area contributed by atoms with Crippen LogP contribution in [0, 0.1) is 22.5 Å². The Hall–Kier alpha value is -8.82. The second-order valence-corrected chi connectivity index (χ2v) is 28.6. The van der Waals surface area contributed by atoms with Crippen LogP contribution in [0.25, 0.3) is 22.3 Å². The number of likely N-dealkylation sites (tertiary alicyclic amines) is 2. The van der Waals surface area contributed by atoms with E-state index in [1.165, 1.54) is 21.9 Å². The van der Waals surface area contributed by atoms with E-state index in [-0.39, 0.29) is 71.6 Å². The van der Waals surface area contributed by atoms with Gasteiger partial charge in [0, 0.05) is 121 Å². The molecule has 2 spiro atoms. The standard InChI is InChI=1S/2C36H42FN5O5/c2*1-5-46-33(44)31(30-29-7-6-14-40(29)22-38-30)42-19-27-26(32(42)43)17-24(18-28(27)37)23-8-10-25(11-9-23)39-15-12-36(13-16-39)20-41(21-36)34(45)47-35(2,3)4/h2*8-11,17-18,22,31H,5-7,12-16,19-21H2,1-4H3. The first-order valence-electron chi connectivity index (χ1n) is 33.2. The SMILES string of the molecule is CCOC(=O)C(c1ncn2c1CCC2)N1Cc2c(F)cc(-c3ccc(N4CCC5(CC4)CN(C(=O)OC(C)(C)C)C5)cc3)cc2C1=O.CCOC(=O)C(c1ncn2c1CCC2)N1Cc2c(F)cc(-c3ccc(N4CCC5(CC4)CN(C(=O)OC(C)(C)C)C5)cc3)cc2C1=O. The minimum atomic E-state index is -1.03. The van der Waals surface area contributed by atoms with Crippen molar-refractivity contribution < 1.29 is 56.5 Å². The fourth-order valence-electron chi connectivity index (χ4n) is 15.1. The molecule has 94 heavy (non-hydrogen) atoms. The number of ether oxygens (including phenoxy) is 4. The van der Waals surface area contributed by atoms with Gasteiger partial charge in [0.15, 0.2) is 12.1 Å². The van der Waals surface area contributed by atoms with Crippen LogP contribution in [-0.2, 0) is 67.6 Å². The van der Waals surface area contributed by atoms with Gasteiger partial charge in [-0.05, 0) is 178 Å². The minimum Gasteiger partial charge on any atom is -0.464 e. The maximum Gasteiger partial charge on any atom is 0.410 e. The van der Waals surface area contributed by atoms with Crippen LogP contribution in [0.1, 0.15) is 161 Å². The molecule has 4 saturated heterocycles. The molecule has 0 aliphatic carbocycles. The van der Waals surface area contributed by atoms with Crippen LogP contribution in [0.2, 0.25) is 0 Å². The Labute approximate surface area is 547 Å². The van der Waals surface area contributed by atoms with E-state index in [0.29, 0.717) is 22.5 Å². The number of fused-ring (bicyclic) bond motifs is 4. The summed E-state index contributed by atoms with van der Waals surface area (Å²) in [5, 5.41) is 0. The summed E-state index contributed by atoms with van der Waals surface area (Å²) in [5.74, 6) is -2.87. The van der Waals surface area contributed by atoms with Crippen molar-refractivity contribution in [1.29, 1.82) is 0 Å². The molecule has 2 aromatic heterocycles. The minimum absolute atomic E-state index is 0.0268. The third-order valence-corrected chi connectivity index (χ3v) is 20.0. The lowest BCUT2D eigenvalue weighted by Gasteiger charge is -2.54. The van der Waals surface area contributed by atoms with Gasteiger partial charge in [-0.1, -0.05) is 24.3 Å². The van der Waals surface area contributed by atoms with E-state index in [1.54, 1.807) is 48.4 Å². The number of imidazole rings is 2. The third-order valence-electron chi connectivity index (χ3n) is 20.0. The summed E-state index contributed by atoms with van der Waals surface area (Å²) >= 11 is 0. The molecule has 8 aliphatic rings. The van der Waals surface area contributed by atoms with Gasteiger partial charge >= 0.3 is 24.1 Å². The number of hydrogen-bond donors (Lipinski definition) is 0. The number of halogens is 2. The molecule has 0 bridgehead atoms. The lowest BCUT2D eigenvalue weighted by atomic mass is 9.72. The predicted octanol–water partition coefficient (Wildman–Crippen LogP) is 11.5. The highest BCUT2D eigenvalue weighted by Crippen LogP contribution is 2.46. The molecule has 2 atom stereocenters. The van der Waals surface area contributed by atoms with E-state index in [0.717, 1.165) is 151 Å². The average molecular weight is 1290 g/mol. The Kier molecular flexibility index (Phi) is 16.9. The quantitative estimate of drug-likeness (QED) is 0.0829. The lowest BCUT2D eigenvalue weighted by molar-refractivity contribution is -0.150. The number of carbonyl (C=O) groups excluding carboxylic acids is 6. The Balaban J connectivity index is 0.000000171. The Morgan fingerprint density at radius 3 is 1.22 bits per heavy atom. The van der Waals surface area contributed by atoms with Gasteiger partial charge in [0.2, 0.25) is 0 Å². The lowest BCUT2D eigenvalue weighted by Crippen LogP contribution is -2.62. The van der Waals surface area contributed by atoms with E-state index in [9.17, 15) is 28.8 Å². The van der Waals surface area contributed by atoms with Crippen molar-refractivity contribution in [2.75, 3.05) is 75.4 Å². The number of benzene rings is 4. The Bertz CT molecular complexity index is 3680. The van der Waals surface area contributed by atoms with Gasteiger partial charge in [0.1, 0.15) is 22.8 Å². The normalized spacial score (nSPS) is 19.0. The maximum absolute atomic E-state index is 15.6. The number of amides is 4. The van der Waals surface area contributed by atoms with Crippen molar-refractivity contribution in [2.45, 2.75) is 156 Å². The number of aryl methyl sites for hydroxylation is 2. The highest BCUT2D eigenvalue weighted by atomic mass is 19.1. The van der Waals surface area contributed by atoms with Crippen LogP contribution >= 0.6 is 0 Å². The molecule has 20 nitrogen and oxygen atoms in total. The van der Waals surface area contributed by atoms with Crippen molar-refractivity contribution in [1.82, 2.24) is 38.7 Å². The van der Waals surface area contributed by atoms with Gasteiger partial charge in [0.25, 0.3) is 11.8 Å². The molecule has 4 aromatic carbocycles. The topological polar surface area (TPSA) is 194 Å². The first-order chi connectivity index (χ1) is 44.9. The van der Waals surface area contributed by atoms with E-state index < -0.39 is 58.7 Å². The first kappa shape index (κ1) is 63.9. The molecule has 8 aliphatic heterocycles. The number of esters is 2. The molecular formula is C72H84F2N10O10. The molecular weight excluding hydrogens is 1200 g/mol. The fraction of sp³-hybridized carbons (Fsp3) is 0.500. The van der Waals surface area contributed by atoms with Gasteiger partial charge in [-0.25, -0.2) is 37.9 Å². The molecule has 496 valence electrons. The van der Waals surface area contributed by atoms with Crippen molar-refractivity contribution in [3.05, 3.63) is 142 Å². The summed E-state index contributed by atoms with van der Waals surface area (Å²) in [7, 11) is 0. The summed E-state index contributed by atoms with van der Waals surface area (Å²) in [6, 6.07) is 20.3. The van der Waals surface area contributed by atoms with Gasteiger partial charge in [-0.15, -0.1) is 0 Å². The van der Waals surface area contributed by atoms with Gasteiger partial charge in [-0.3, -0.25) is 9.59 Å². The largest absolute Gasteiger partial charge is 0.464 e. The van der Waals surface area contributed by atoms with Crippen LogP contribution in [-0.4, -0.2) is 151 Å². The molecule has 10 heterocycles. The van der Waals surface area contributed by atoms with Crippen LogP contribution in [0.3, 0.4) is 0 Å². The summed E-state index contributed by atoms with van der Waals surface area (Å²) in [4.78, 5) is 99.0. The number of hydrogen-bond acceptors (Lipinski definition) is 14. The van der Waals surface area contributed by atoms with Gasteiger partial charge < -0.3 is 57.5 Å². The first-order valence-corrected chi connectivity index (χ1v) is 33.2. The molecule has 0 saturated carbocycles. The number of carbonyl (C=O) groups is 6. The van der Waals surface area contributed by atoms with Crippen LogP contribution < -0.4 is 9.80 Å². The molecule has 0 N–H and O–H groups in total. The predicted molar refractivity (Wildman–Crippen MR) is 347 cm³/mol. The van der Waals surface area contributed by atoms with Crippen molar-refractivity contribution in [3.63, 3.8) is 0 Å². The highest BCUT2D eigenvalue weighted by Gasteiger charge is 2.50. The smallest absolute Gasteiger partial charge is 0.410 e. The second-order valence-electron chi connectivity index (χ2n) is 28.6. The fourth-order valence-corrected chi connectivity index (χ4v) is 15.1. The maximum atomic E-state index is 15.6. The van der Waals surface area contributed by atoms with Crippen LogP contribution in [0.15, 0.2) is 85.5 Å². The number of nitrogens with zero attached hydrogens (tertiary/aromatic N) is 10. The number of aromatic nitrogens is 4. The molecule has 4 fully saturated rings. The zero-order chi connectivity index (χ0) is 66.2. The zero-order valence-corrected chi connectivity index (χ0v) is 55.1. The zero-order valence-electron chi connectivity index (χ0n) is 55.1. The summed E-state index contributed by atoms with van der Waals surface area (Å²) < 4.78 is 57.1. The molecule has 0 radical (unpaired) electrons. The van der Waals surface area contributed by atoms with Gasteiger partial charge in [0.05, 0.1) is 50.3 Å². The molecule has 4 amide bonds. The summed E-state index contributed by atoms with van der Waals surface area (Å²) in [6.07, 6.45) is 10.3. The molecule has 14 rings (SSSR count). The Morgan fingerprint density at radius 2 is 0.883 bits per heavy atom. The average Bonchev–Trinajstić information content (AvgIpc) is 1.20. The number of anilines is 2. The van der Waals surface area contributed by atoms with Crippen molar-refractivity contribution in [2.24, 2.45) is 10.8 Å². The highest BCUT2D eigenvalue weighted by molar-refractivity contribution is 6.03. The Morgan fingerprint density at radius 1 is 0.521 bits per heavy atom. The van der Waals surface area contributed by atoms with E-state index in [1.807, 2.05) is 99.2 Å². The second kappa shape index (κ2) is 24.8. The van der Waals surface area contributed by atoms with Crippen molar-refractivity contribution >= 4 is 47.3 Å². The van der Waals surface area contributed by atoms with Gasteiger partial charge in [-0.2, -0.15) is 0 Å². The van der Waals surface area contributed by atoms with E-state index in [2.05, 4.69) is 19.8 Å². The monoisotopic (exact) mass is 1290 g/mol. The van der Waals surface area contributed by atoms with E-state index in [4.69, 9.17) is 18.9 Å². The molecule has 2 unspecified atom stereocenters. The van der Waals surface area contributed by atoms with Crippen molar-refractivity contribution in [3.8, 4) is 22.3 Å². The van der Waals surface area contributed by atoms with Crippen LogP contribution in [0.5, 0.6) is 0 Å². The summed E-state index contributed by atoms with van der Waals surface area (Å²) in [5.41, 5.74) is 8.25. The number of piperidine rings is 2. The van der Waals surface area contributed by atoms with Crippen LogP contribution in [0.4, 0.5) is 29.7 Å².